The number of fused-ring (bicyclic) bond motifs is 2. The van der Waals surface area contributed by atoms with Gasteiger partial charge in [0, 0.05) is 70.4 Å². The number of rotatable bonds is 9. The second kappa shape index (κ2) is 13.9. The highest BCUT2D eigenvalue weighted by Gasteiger charge is 2.35. The summed E-state index contributed by atoms with van der Waals surface area (Å²) in [5.74, 6) is 1.27. The van der Waals surface area contributed by atoms with Crippen LogP contribution < -0.4 is 10.1 Å². The summed E-state index contributed by atoms with van der Waals surface area (Å²) in [4.78, 5) is 27.2. The Morgan fingerprint density at radius 3 is 2.57 bits per heavy atom. The maximum absolute atomic E-state index is 14.2. The predicted molar refractivity (Wildman–Crippen MR) is 175 cm³/mol. The molecule has 2 aromatic carbocycles. The Kier molecular flexibility index (Phi) is 9.72. The number of aromatic nitrogens is 2. The number of ether oxygens (including phenoxy) is 2. The molecule has 2 N–H and O–H groups in total. The Morgan fingerprint density at radius 1 is 1.04 bits per heavy atom. The summed E-state index contributed by atoms with van der Waals surface area (Å²) < 4.78 is 54.0. The molecule has 2 amide bonds. The summed E-state index contributed by atoms with van der Waals surface area (Å²) in [6, 6.07) is 13.0. The number of urea groups is 1. The third-order valence-corrected chi connectivity index (χ3v) is 9.24. The standard InChI is InChI=1S/C35H41F3N6O3/c1-4-42-14-16-43(17-15-42)22-25-5-7-26(20-31(25)35(36,37)38)41-34(45)44-13-10-24-6-8-28(21-29(24)23(44)2)47-32-9-12-39-33-30(32)19-27(40-33)11-18-46-3/h5-9,12,19-21,23H,4,10-11,13-18,22H2,1-3H3,(H,39,40)(H,41,45)/t23-/m0/s1. The van der Waals surface area contributed by atoms with Gasteiger partial charge in [0.15, 0.2) is 0 Å². The molecule has 4 heterocycles. The Bertz CT molecular complexity index is 1720. The fourth-order valence-corrected chi connectivity index (χ4v) is 6.51. The van der Waals surface area contributed by atoms with Crippen LogP contribution >= 0.6 is 0 Å². The minimum atomic E-state index is -4.54. The van der Waals surface area contributed by atoms with E-state index in [4.69, 9.17) is 9.47 Å². The number of nitrogens with one attached hydrogen (secondary N) is 2. The summed E-state index contributed by atoms with van der Waals surface area (Å²) in [6.07, 6.45) is -1.52. The molecule has 4 aromatic rings. The molecule has 0 bridgehead atoms. The molecule has 0 unspecified atom stereocenters. The van der Waals surface area contributed by atoms with Gasteiger partial charge >= 0.3 is 12.2 Å². The molecular formula is C35H41F3N6O3. The van der Waals surface area contributed by atoms with Crippen molar-refractivity contribution in [3.8, 4) is 11.5 Å². The van der Waals surface area contributed by atoms with Gasteiger partial charge in [-0.25, -0.2) is 9.78 Å². The molecule has 2 aliphatic heterocycles. The Balaban J connectivity index is 1.15. The summed E-state index contributed by atoms with van der Waals surface area (Å²) in [7, 11) is 1.66. The van der Waals surface area contributed by atoms with Crippen LogP contribution in [0, 0.1) is 0 Å². The lowest BCUT2D eigenvalue weighted by Crippen LogP contribution is -2.45. The lowest BCUT2D eigenvalue weighted by atomic mass is 9.93. The van der Waals surface area contributed by atoms with Gasteiger partial charge < -0.3 is 29.6 Å². The first-order valence-corrected chi connectivity index (χ1v) is 16.1. The first-order chi connectivity index (χ1) is 22.6. The Labute approximate surface area is 272 Å². The fraction of sp³-hybridized carbons (Fsp3) is 0.429. The number of halogens is 3. The minimum absolute atomic E-state index is 0.120. The minimum Gasteiger partial charge on any atom is -0.457 e. The average Bonchev–Trinajstić information content (AvgIpc) is 3.49. The number of piperazine rings is 1. The molecule has 250 valence electrons. The Hall–Kier alpha value is -4.13. The number of carbonyl (C=O) groups excluding carboxylic acids is 1. The number of amides is 2. The van der Waals surface area contributed by atoms with Crippen molar-refractivity contribution in [1.29, 1.82) is 0 Å². The number of methoxy groups -OCH3 is 1. The van der Waals surface area contributed by atoms with Crippen LogP contribution in [0.1, 0.15) is 47.8 Å². The number of benzene rings is 2. The largest absolute Gasteiger partial charge is 0.457 e. The number of alkyl halides is 3. The third-order valence-electron chi connectivity index (χ3n) is 9.24. The average molecular weight is 651 g/mol. The third kappa shape index (κ3) is 7.39. The number of aromatic amines is 1. The van der Waals surface area contributed by atoms with Gasteiger partial charge in [0.2, 0.25) is 0 Å². The zero-order valence-corrected chi connectivity index (χ0v) is 27.0. The summed E-state index contributed by atoms with van der Waals surface area (Å²) in [5, 5.41) is 3.59. The summed E-state index contributed by atoms with van der Waals surface area (Å²) in [5.41, 5.74) is 3.36. The van der Waals surface area contributed by atoms with Gasteiger partial charge in [0.1, 0.15) is 17.1 Å². The van der Waals surface area contributed by atoms with E-state index in [1.165, 1.54) is 6.07 Å². The van der Waals surface area contributed by atoms with Crippen molar-refractivity contribution in [1.82, 2.24) is 24.7 Å². The van der Waals surface area contributed by atoms with E-state index in [1.807, 2.05) is 37.3 Å². The van der Waals surface area contributed by atoms with Gasteiger partial charge in [0.25, 0.3) is 0 Å². The number of H-pyrrole nitrogens is 1. The van der Waals surface area contributed by atoms with E-state index in [0.717, 1.165) is 73.1 Å². The zero-order chi connectivity index (χ0) is 33.1. The van der Waals surface area contributed by atoms with Crippen molar-refractivity contribution in [2.24, 2.45) is 0 Å². The quantitative estimate of drug-likeness (QED) is 0.206. The highest BCUT2D eigenvalue weighted by atomic mass is 19.4. The molecule has 2 aliphatic rings. The second-order valence-corrected chi connectivity index (χ2v) is 12.2. The van der Waals surface area contributed by atoms with Gasteiger partial charge in [-0.15, -0.1) is 0 Å². The number of carbonyl (C=O) groups is 1. The molecular weight excluding hydrogens is 609 g/mol. The monoisotopic (exact) mass is 650 g/mol. The first kappa shape index (κ1) is 32.8. The zero-order valence-electron chi connectivity index (χ0n) is 27.0. The van der Waals surface area contributed by atoms with Crippen LogP contribution in [0.3, 0.4) is 0 Å². The normalized spacial score (nSPS) is 17.6. The van der Waals surface area contributed by atoms with Crippen molar-refractivity contribution in [3.63, 3.8) is 0 Å². The van der Waals surface area contributed by atoms with Crippen LogP contribution in [0.25, 0.3) is 11.0 Å². The van der Waals surface area contributed by atoms with E-state index in [-0.39, 0.29) is 23.8 Å². The van der Waals surface area contributed by atoms with Crippen LogP contribution in [0.2, 0.25) is 0 Å². The molecule has 1 fully saturated rings. The van der Waals surface area contributed by atoms with Crippen molar-refractivity contribution in [3.05, 3.63) is 82.7 Å². The Morgan fingerprint density at radius 2 is 1.83 bits per heavy atom. The van der Waals surface area contributed by atoms with Crippen molar-refractivity contribution >= 4 is 22.8 Å². The van der Waals surface area contributed by atoms with E-state index in [2.05, 4.69) is 32.0 Å². The lowest BCUT2D eigenvalue weighted by Gasteiger charge is -2.35. The highest BCUT2D eigenvalue weighted by molar-refractivity contribution is 5.90. The van der Waals surface area contributed by atoms with Crippen LogP contribution in [0.5, 0.6) is 11.5 Å². The second-order valence-electron chi connectivity index (χ2n) is 12.2. The number of pyridine rings is 1. The van der Waals surface area contributed by atoms with Crippen LogP contribution in [0.4, 0.5) is 23.7 Å². The maximum atomic E-state index is 14.2. The van der Waals surface area contributed by atoms with Crippen molar-refractivity contribution in [2.45, 2.75) is 45.5 Å². The van der Waals surface area contributed by atoms with E-state index in [0.29, 0.717) is 31.1 Å². The number of anilines is 1. The van der Waals surface area contributed by atoms with Gasteiger partial charge in [-0.05, 0) is 73.0 Å². The lowest BCUT2D eigenvalue weighted by molar-refractivity contribution is -0.138. The molecule has 9 nitrogen and oxygen atoms in total. The van der Waals surface area contributed by atoms with E-state index >= 15 is 0 Å². The number of hydrogen-bond acceptors (Lipinski definition) is 6. The summed E-state index contributed by atoms with van der Waals surface area (Å²) >= 11 is 0. The first-order valence-electron chi connectivity index (χ1n) is 16.1. The molecule has 2 aromatic heterocycles. The molecule has 0 saturated carbocycles. The molecule has 1 atom stereocenters. The van der Waals surface area contributed by atoms with E-state index < -0.39 is 17.8 Å². The van der Waals surface area contributed by atoms with Gasteiger partial charge in [-0.1, -0.05) is 19.1 Å². The van der Waals surface area contributed by atoms with Crippen molar-refractivity contribution < 1.29 is 27.4 Å². The summed E-state index contributed by atoms with van der Waals surface area (Å²) in [6.45, 7) is 9.31. The maximum Gasteiger partial charge on any atom is 0.416 e. The van der Waals surface area contributed by atoms with Crippen LogP contribution in [-0.2, 0) is 30.3 Å². The van der Waals surface area contributed by atoms with E-state index in [9.17, 15) is 18.0 Å². The molecule has 47 heavy (non-hydrogen) atoms. The SMILES string of the molecule is CCN1CCN(Cc2ccc(NC(=O)N3CCc4ccc(Oc5ccnc6[nH]c(CCOC)cc56)cc4[C@@H]3C)cc2C(F)(F)F)CC1. The van der Waals surface area contributed by atoms with E-state index in [1.54, 1.807) is 24.3 Å². The molecule has 12 heteroatoms. The topological polar surface area (TPSA) is 86.0 Å². The molecule has 0 spiro atoms. The smallest absolute Gasteiger partial charge is 0.416 e. The number of nitrogens with zero attached hydrogens (tertiary/aromatic N) is 4. The fourth-order valence-electron chi connectivity index (χ4n) is 6.51. The van der Waals surface area contributed by atoms with Gasteiger partial charge in [-0.2, -0.15) is 13.2 Å². The van der Waals surface area contributed by atoms with Crippen molar-refractivity contribution in [2.75, 3.05) is 58.3 Å². The molecule has 0 radical (unpaired) electrons. The molecule has 6 rings (SSSR count). The van der Waals surface area contributed by atoms with Gasteiger partial charge in [-0.3, -0.25) is 4.90 Å². The number of likely N-dealkylation sites (N-methyl/N-ethyl adjacent to an activating group) is 1. The van der Waals surface area contributed by atoms with Gasteiger partial charge in [0.05, 0.1) is 23.6 Å². The predicted octanol–water partition coefficient (Wildman–Crippen LogP) is 6.85. The van der Waals surface area contributed by atoms with Crippen LogP contribution in [0.15, 0.2) is 54.7 Å². The number of hydrogen-bond donors (Lipinski definition) is 2. The van der Waals surface area contributed by atoms with Crippen LogP contribution in [-0.4, -0.2) is 83.7 Å². The molecule has 0 aliphatic carbocycles. The molecule has 1 saturated heterocycles. The highest BCUT2D eigenvalue weighted by Crippen LogP contribution is 2.37.